The summed E-state index contributed by atoms with van der Waals surface area (Å²) < 4.78 is 6.73. The molecule has 2 unspecified atom stereocenters. The summed E-state index contributed by atoms with van der Waals surface area (Å²) >= 11 is 3.49. The fourth-order valence-electron chi connectivity index (χ4n) is 2.09. The van der Waals surface area contributed by atoms with Crippen LogP contribution < -0.4 is 15.8 Å². The quantitative estimate of drug-likeness (QED) is 0.752. The van der Waals surface area contributed by atoms with E-state index in [4.69, 9.17) is 10.5 Å². The van der Waals surface area contributed by atoms with E-state index in [0.29, 0.717) is 12.3 Å². The third kappa shape index (κ3) is 6.06. The van der Waals surface area contributed by atoms with E-state index in [9.17, 15) is 4.79 Å². The molecule has 0 saturated heterocycles. The lowest BCUT2D eigenvalue weighted by molar-refractivity contribution is -0.127. The maximum atomic E-state index is 12.0. The van der Waals surface area contributed by atoms with E-state index in [-0.39, 0.29) is 11.9 Å². The highest BCUT2D eigenvalue weighted by atomic mass is 79.9. The predicted molar refractivity (Wildman–Crippen MR) is 89.5 cm³/mol. The van der Waals surface area contributed by atoms with Gasteiger partial charge in [-0.2, -0.15) is 0 Å². The third-order valence-corrected chi connectivity index (χ3v) is 4.00. The Kier molecular flexibility index (Phi) is 7.75. The summed E-state index contributed by atoms with van der Waals surface area (Å²) in [5.74, 6) is 0.603. The Labute approximate surface area is 135 Å². The van der Waals surface area contributed by atoms with Crippen molar-refractivity contribution >= 4 is 21.8 Å². The largest absolute Gasteiger partial charge is 0.481 e. The van der Waals surface area contributed by atoms with E-state index in [1.807, 2.05) is 25.1 Å². The zero-order valence-electron chi connectivity index (χ0n) is 13.0. The summed E-state index contributed by atoms with van der Waals surface area (Å²) in [6.45, 7) is 6.45. The standard InChI is InChI=1S/C16H25BrN2O2/c1-4-5-11(2)19-16(20)12(3)21-14-6-7-15(17)13(10-14)8-9-18/h6-7,10-12H,4-5,8-9,18H2,1-3H3,(H,19,20). The van der Waals surface area contributed by atoms with Crippen LogP contribution in [-0.4, -0.2) is 24.6 Å². The summed E-state index contributed by atoms with van der Waals surface area (Å²) in [7, 11) is 0. The van der Waals surface area contributed by atoms with E-state index in [1.165, 1.54) is 0 Å². The first-order valence-electron chi connectivity index (χ1n) is 7.43. The van der Waals surface area contributed by atoms with Gasteiger partial charge >= 0.3 is 0 Å². The van der Waals surface area contributed by atoms with Crippen LogP contribution in [0.3, 0.4) is 0 Å². The number of carbonyl (C=O) groups excluding carboxylic acids is 1. The molecular weight excluding hydrogens is 332 g/mol. The first kappa shape index (κ1) is 18.0. The van der Waals surface area contributed by atoms with Crippen molar-refractivity contribution in [2.24, 2.45) is 5.73 Å². The molecule has 0 aromatic heterocycles. The minimum absolute atomic E-state index is 0.0840. The Hall–Kier alpha value is -1.07. The van der Waals surface area contributed by atoms with Gasteiger partial charge in [0.2, 0.25) is 0 Å². The van der Waals surface area contributed by atoms with E-state index >= 15 is 0 Å². The van der Waals surface area contributed by atoms with E-state index in [0.717, 1.165) is 29.3 Å². The molecule has 5 heteroatoms. The van der Waals surface area contributed by atoms with Crippen LogP contribution in [-0.2, 0) is 11.2 Å². The Balaban J connectivity index is 2.63. The summed E-state index contributed by atoms with van der Waals surface area (Å²) in [5, 5.41) is 2.96. The molecule has 4 nitrogen and oxygen atoms in total. The van der Waals surface area contributed by atoms with Crippen LogP contribution in [0.2, 0.25) is 0 Å². The lowest BCUT2D eigenvalue weighted by atomic mass is 10.1. The van der Waals surface area contributed by atoms with E-state index in [2.05, 4.69) is 28.2 Å². The Morgan fingerprint density at radius 1 is 1.43 bits per heavy atom. The van der Waals surface area contributed by atoms with Crippen molar-refractivity contribution in [3.8, 4) is 5.75 Å². The molecule has 0 aliphatic heterocycles. The summed E-state index contributed by atoms with van der Waals surface area (Å²) in [4.78, 5) is 12.0. The molecule has 118 valence electrons. The number of amides is 1. The first-order chi connectivity index (χ1) is 9.97. The molecule has 0 saturated carbocycles. The van der Waals surface area contributed by atoms with Gasteiger partial charge in [0.15, 0.2) is 6.10 Å². The number of nitrogens with two attached hydrogens (primary N) is 1. The van der Waals surface area contributed by atoms with Gasteiger partial charge in [-0.15, -0.1) is 0 Å². The molecule has 2 atom stereocenters. The van der Waals surface area contributed by atoms with Crippen molar-refractivity contribution in [1.82, 2.24) is 5.32 Å². The molecule has 0 radical (unpaired) electrons. The van der Waals surface area contributed by atoms with Crippen molar-refractivity contribution < 1.29 is 9.53 Å². The Morgan fingerprint density at radius 3 is 2.76 bits per heavy atom. The molecule has 0 heterocycles. The maximum Gasteiger partial charge on any atom is 0.260 e. The number of carbonyl (C=O) groups is 1. The minimum Gasteiger partial charge on any atom is -0.481 e. The van der Waals surface area contributed by atoms with E-state index < -0.39 is 6.10 Å². The summed E-state index contributed by atoms with van der Waals surface area (Å²) in [6.07, 6.45) is 2.27. The summed E-state index contributed by atoms with van der Waals surface area (Å²) in [6, 6.07) is 5.87. The fraction of sp³-hybridized carbons (Fsp3) is 0.562. The SMILES string of the molecule is CCCC(C)NC(=O)C(C)Oc1ccc(Br)c(CCN)c1. The third-order valence-electron chi connectivity index (χ3n) is 3.22. The second-order valence-electron chi connectivity index (χ2n) is 5.25. The fourth-order valence-corrected chi connectivity index (χ4v) is 2.54. The zero-order chi connectivity index (χ0) is 15.8. The lowest BCUT2D eigenvalue weighted by Gasteiger charge is -2.19. The van der Waals surface area contributed by atoms with Crippen LogP contribution in [0.15, 0.2) is 22.7 Å². The van der Waals surface area contributed by atoms with Crippen LogP contribution in [0.25, 0.3) is 0 Å². The van der Waals surface area contributed by atoms with Crippen LogP contribution in [0.5, 0.6) is 5.75 Å². The Morgan fingerprint density at radius 2 is 2.14 bits per heavy atom. The van der Waals surface area contributed by atoms with Crippen molar-refractivity contribution in [2.75, 3.05) is 6.54 Å². The molecule has 1 aromatic rings. The number of halogens is 1. The van der Waals surface area contributed by atoms with Gasteiger partial charge in [-0.25, -0.2) is 0 Å². The van der Waals surface area contributed by atoms with Crippen LogP contribution >= 0.6 is 15.9 Å². The van der Waals surface area contributed by atoms with Crippen LogP contribution in [0, 0.1) is 0 Å². The highest BCUT2D eigenvalue weighted by Crippen LogP contribution is 2.23. The topological polar surface area (TPSA) is 64.3 Å². The molecule has 1 amide bonds. The molecule has 0 spiro atoms. The van der Waals surface area contributed by atoms with Crippen molar-refractivity contribution in [2.45, 2.75) is 52.2 Å². The van der Waals surface area contributed by atoms with Gasteiger partial charge in [0.05, 0.1) is 0 Å². The molecule has 0 fully saturated rings. The molecule has 21 heavy (non-hydrogen) atoms. The van der Waals surface area contributed by atoms with Gasteiger partial charge in [0, 0.05) is 10.5 Å². The molecule has 0 aliphatic rings. The lowest BCUT2D eigenvalue weighted by Crippen LogP contribution is -2.41. The number of ether oxygens (including phenoxy) is 1. The van der Waals surface area contributed by atoms with Crippen LogP contribution in [0.4, 0.5) is 0 Å². The van der Waals surface area contributed by atoms with Crippen molar-refractivity contribution in [3.63, 3.8) is 0 Å². The molecule has 1 aromatic carbocycles. The number of rotatable bonds is 8. The monoisotopic (exact) mass is 356 g/mol. The smallest absolute Gasteiger partial charge is 0.260 e. The maximum absolute atomic E-state index is 12.0. The van der Waals surface area contributed by atoms with Crippen molar-refractivity contribution in [3.05, 3.63) is 28.2 Å². The number of hydrogen-bond donors (Lipinski definition) is 2. The number of nitrogens with one attached hydrogen (secondary N) is 1. The molecule has 0 bridgehead atoms. The summed E-state index contributed by atoms with van der Waals surface area (Å²) in [5.41, 5.74) is 6.67. The van der Waals surface area contributed by atoms with E-state index in [1.54, 1.807) is 6.92 Å². The molecule has 0 aliphatic carbocycles. The highest BCUT2D eigenvalue weighted by Gasteiger charge is 2.17. The zero-order valence-corrected chi connectivity index (χ0v) is 14.6. The second kappa shape index (κ2) is 9.05. The van der Waals surface area contributed by atoms with Gasteiger partial charge in [0.25, 0.3) is 5.91 Å². The second-order valence-corrected chi connectivity index (χ2v) is 6.10. The molecule has 3 N–H and O–H groups in total. The van der Waals surface area contributed by atoms with Gasteiger partial charge < -0.3 is 15.8 Å². The van der Waals surface area contributed by atoms with Gasteiger partial charge in [-0.3, -0.25) is 4.79 Å². The normalized spacial score (nSPS) is 13.6. The number of benzene rings is 1. The van der Waals surface area contributed by atoms with Crippen LogP contribution in [0.1, 0.15) is 39.2 Å². The van der Waals surface area contributed by atoms with Gasteiger partial charge in [0.1, 0.15) is 5.75 Å². The minimum atomic E-state index is -0.517. The van der Waals surface area contributed by atoms with Crippen molar-refractivity contribution in [1.29, 1.82) is 0 Å². The first-order valence-corrected chi connectivity index (χ1v) is 8.22. The molecule has 1 rings (SSSR count). The predicted octanol–water partition coefficient (Wildman–Crippen LogP) is 3.02. The number of hydrogen-bond acceptors (Lipinski definition) is 3. The average molecular weight is 357 g/mol. The average Bonchev–Trinajstić information content (AvgIpc) is 2.43. The Bertz CT molecular complexity index is 466. The van der Waals surface area contributed by atoms with Gasteiger partial charge in [-0.05, 0) is 57.0 Å². The van der Waals surface area contributed by atoms with Gasteiger partial charge in [-0.1, -0.05) is 29.3 Å². The molecular formula is C16H25BrN2O2. The highest BCUT2D eigenvalue weighted by molar-refractivity contribution is 9.10.